The fourth-order valence-electron chi connectivity index (χ4n) is 2.03. The third-order valence-corrected chi connectivity index (χ3v) is 3.95. The smallest absolute Gasteiger partial charge is 0.234 e. The van der Waals surface area contributed by atoms with Gasteiger partial charge < -0.3 is 10.4 Å². The zero-order valence-electron chi connectivity index (χ0n) is 12.1. The van der Waals surface area contributed by atoms with Crippen molar-refractivity contribution in [3.63, 3.8) is 0 Å². The second-order valence-corrected chi connectivity index (χ2v) is 6.05. The molecule has 0 aliphatic rings. The Balaban J connectivity index is 1.66. The van der Waals surface area contributed by atoms with E-state index in [1.54, 1.807) is 23.5 Å². The number of hydrogen-bond acceptors (Lipinski definition) is 4. The van der Waals surface area contributed by atoms with Crippen LogP contribution in [0.1, 0.15) is 10.4 Å². The molecule has 0 aliphatic carbocycles. The van der Waals surface area contributed by atoms with E-state index in [1.165, 1.54) is 4.88 Å². The van der Waals surface area contributed by atoms with Crippen molar-refractivity contribution < 1.29 is 9.90 Å². The summed E-state index contributed by atoms with van der Waals surface area (Å²) in [5.41, 5.74) is 1.10. The fourth-order valence-corrected chi connectivity index (χ4v) is 2.82. The van der Waals surface area contributed by atoms with Crippen molar-refractivity contribution in [3.05, 3.63) is 52.2 Å². The van der Waals surface area contributed by atoms with Crippen LogP contribution in [0.5, 0.6) is 5.75 Å². The monoisotopic (exact) mass is 304 g/mol. The van der Waals surface area contributed by atoms with E-state index in [4.69, 9.17) is 0 Å². The number of amides is 1. The normalized spacial score (nSPS) is 10.8. The van der Waals surface area contributed by atoms with Crippen LogP contribution in [0.25, 0.3) is 0 Å². The molecule has 1 heterocycles. The van der Waals surface area contributed by atoms with E-state index in [-0.39, 0.29) is 11.7 Å². The minimum atomic E-state index is 0.0350. The molecule has 0 bridgehead atoms. The van der Waals surface area contributed by atoms with Crippen LogP contribution >= 0.6 is 11.3 Å². The van der Waals surface area contributed by atoms with Gasteiger partial charge in [-0.15, -0.1) is 11.3 Å². The maximum Gasteiger partial charge on any atom is 0.234 e. The van der Waals surface area contributed by atoms with E-state index in [0.29, 0.717) is 13.1 Å². The second-order valence-electron chi connectivity index (χ2n) is 5.02. The number of thiophene rings is 1. The average molecular weight is 304 g/mol. The van der Waals surface area contributed by atoms with Crippen molar-refractivity contribution in [1.29, 1.82) is 0 Å². The molecule has 21 heavy (non-hydrogen) atoms. The highest BCUT2D eigenvalue weighted by atomic mass is 32.1. The SMILES string of the molecule is CN(CC(=O)NCCc1ccc(O)cc1)Cc1cccs1. The van der Waals surface area contributed by atoms with Crippen LogP contribution in [-0.2, 0) is 17.8 Å². The number of phenolic OH excluding ortho intramolecular Hbond substituents is 1. The zero-order valence-corrected chi connectivity index (χ0v) is 12.9. The van der Waals surface area contributed by atoms with Gasteiger partial charge in [-0.3, -0.25) is 9.69 Å². The average Bonchev–Trinajstić information content (AvgIpc) is 2.93. The molecule has 1 aromatic heterocycles. The summed E-state index contributed by atoms with van der Waals surface area (Å²) in [5, 5.41) is 14.2. The molecule has 0 radical (unpaired) electrons. The molecule has 2 N–H and O–H groups in total. The topological polar surface area (TPSA) is 52.6 Å². The number of nitrogens with zero attached hydrogens (tertiary/aromatic N) is 1. The number of nitrogens with one attached hydrogen (secondary N) is 1. The Hall–Kier alpha value is -1.85. The molecule has 0 spiro atoms. The molecular weight excluding hydrogens is 284 g/mol. The summed E-state index contributed by atoms with van der Waals surface area (Å²) in [7, 11) is 1.94. The molecule has 112 valence electrons. The lowest BCUT2D eigenvalue weighted by molar-refractivity contribution is -0.122. The number of benzene rings is 1. The first kappa shape index (κ1) is 15.5. The van der Waals surface area contributed by atoms with Gasteiger partial charge in [0.2, 0.25) is 5.91 Å². The van der Waals surface area contributed by atoms with E-state index < -0.39 is 0 Å². The molecular formula is C16H20N2O2S. The quantitative estimate of drug-likeness (QED) is 0.825. The number of aromatic hydroxyl groups is 1. The van der Waals surface area contributed by atoms with Crippen LogP contribution in [0, 0.1) is 0 Å². The van der Waals surface area contributed by atoms with Gasteiger partial charge in [-0.05, 0) is 42.6 Å². The van der Waals surface area contributed by atoms with Crippen LogP contribution in [0.3, 0.4) is 0 Å². The Labute approximate surface area is 129 Å². The minimum absolute atomic E-state index is 0.0350. The first-order chi connectivity index (χ1) is 10.1. The van der Waals surface area contributed by atoms with Crippen LogP contribution in [0.2, 0.25) is 0 Å². The highest BCUT2D eigenvalue weighted by Gasteiger charge is 2.07. The first-order valence-electron chi connectivity index (χ1n) is 6.89. The molecule has 0 fully saturated rings. The summed E-state index contributed by atoms with van der Waals surface area (Å²) in [5.74, 6) is 0.297. The van der Waals surface area contributed by atoms with Crippen molar-refractivity contribution in [3.8, 4) is 5.75 Å². The molecule has 1 amide bonds. The van der Waals surface area contributed by atoms with Crippen LogP contribution in [-0.4, -0.2) is 36.1 Å². The molecule has 2 aromatic rings. The van der Waals surface area contributed by atoms with E-state index in [1.807, 2.05) is 35.5 Å². The molecule has 0 saturated heterocycles. The van der Waals surface area contributed by atoms with E-state index in [2.05, 4.69) is 11.4 Å². The van der Waals surface area contributed by atoms with Crippen molar-refractivity contribution in [1.82, 2.24) is 10.2 Å². The summed E-state index contributed by atoms with van der Waals surface area (Å²) in [6.07, 6.45) is 0.765. The Morgan fingerprint density at radius 1 is 1.29 bits per heavy atom. The van der Waals surface area contributed by atoms with Gasteiger partial charge in [0.05, 0.1) is 6.54 Å². The first-order valence-corrected chi connectivity index (χ1v) is 7.77. The maximum absolute atomic E-state index is 11.8. The summed E-state index contributed by atoms with van der Waals surface area (Å²) in [6.45, 7) is 1.80. The Morgan fingerprint density at radius 2 is 2.05 bits per heavy atom. The highest BCUT2D eigenvalue weighted by Crippen LogP contribution is 2.11. The Morgan fingerprint density at radius 3 is 2.71 bits per heavy atom. The second kappa shape index (κ2) is 7.81. The van der Waals surface area contributed by atoms with Gasteiger partial charge in [0, 0.05) is 18.0 Å². The molecule has 0 saturated carbocycles. The summed E-state index contributed by atoms with van der Waals surface area (Å²) in [6, 6.07) is 11.1. The molecule has 0 aliphatic heterocycles. The predicted molar refractivity (Wildman–Crippen MR) is 85.5 cm³/mol. The zero-order chi connectivity index (χ0) is 15.1. The van der Waals surface area contributed by atoms with E-state index in [0.717, 1.165) is 18.5 Å². The number of rotatable bonds is 7. The van der Waals surface area contributed by atoms with Gasteiger partial charge in [-0.25, -0.2) is 0 Å². The third kappa shape index (κ3) is 5.57. The fraction of sp³-hybridized carbons (Fsp3) is 0.312. The highest BCUT2D eigenvalue weighted by molar-refractivity contribution is 7.09. The summed E-state index contributed by atoms with van der Waals surface area (Å²) in [4.78, 5) is 15.1. The van der Waals surface area contributed by atoms with Gasteiger partial charge in [-0.1, -0.05) is 18.2 Å². The molecule has 0 unspecified atom stereocenters. The Bertz CT molecular complexity index is 552. The van der Waals surface area contributed by atoms with Crippen molar-refractivity contribution in [2.45, 2.75) is 13.0 Å². The third-order valence-electron chi connectivity index (χ3n) is 3.09. The number of hydrogen-bond donors (Lipinski definition) is 2. The summed E-state index contributed by atoms with van der Waals surface area (Å²) >= 11 is 1.70. The molecule has 1 aromatic carbocycles. The van der Waals surface area contributed by atoms with Crippen molar-refractivity contribution >= 4 is 17.2 Å². The standard InChI is InChI=1S/C16H20N2O2S/c1-18(11-15-3-2-10-21-15)12-16(20)17-9-8-13-4-6-14(19)7-5-13/h2-7,10,19H,8-9,11-12H2,1H3,(H,17,20). The van der Waals surface area contributed by atoms with E-state index >= 15 is 0 Å². The van der Waals surface area contributed by atoms with E-state index in [9.17, 15) is 9.90 Å². The van der Waals surface area contributed by atoms with Gasteiger partial charge in [0.15, 0.2) is 0 Å². The van der Waals surface area contributed by atoms with Gasteiger partial charge >= 0.3 is 0 Å². The van der Waals surface area contributed by atoms with Crippen LogP contribution < -0.4 is 5.32 Å². The molecule has 2 rings (SSSR count). The van der Waals surface area contributed by atoms with Gasteiger partial charge in [-0.2, -0.15) is 0 Å². The number of phenols is 1. The lowest BCUT2D eigenvalue weighted by Crippen LogP contribution is -2.35. The van der Waals surface area contributed by atoms with Crippen molar-refractivity contribution in [2.24, 2.45) is 0 Å². The number of likely N-dealkylation sites (N-methyl/N-ethyl adjacent to an activating group) is 1. The Kier molecular flexibility index (Phi) is 5.78. The van der Waals surface area contributed by atoms with Crippen LogP contribution in [0.4, 0.5) is 0 Å². The molecule has 5 heteroatoms. The predicted octanol–water partition coefficient (Wildman–Crippen LogP) is 2.24. The number of carbonyl (C=O) groups is 1. The lowest BCUT2D eigenvalue weighted by atomic mass is 10.1. The summed E-state index contributed by atoms with van der Waals surface area (Å²) < 4.78 is 0. The number of carbonyl (C=O) groups excluding carboxylic acids is 1. The largest absolute Gasteiger partial charge is 0.508 e. The van der Waals surface area contributed by atoms with Gasteiger partial charge in [0.25, 0.3) is 0 Å². The lowest BCUT2D eigenvalue weighted by Gasteiger charge is -2.15. The van der Waals surface area contributed by atoms with Crippen molar-refractivity contribution in [2.75, 3.05) is 20.1 Å². The van der Waals surface area contributed by atoms with Gasteiger partial charge in [0.1, 0.15) is 5.75 Å². The van der Waals surface area contributed by atoms with Crippen LogP contribution in [0.15, 0.2) is 41.8 Å². The minimum Gasteiger partial charge on any atom is -0.508 e. The maximum atomic E-state index is 11.8. The molecule has 0 atom stereocenters. The molecule has 4 nitrogen and oxygen atoms in total.